The van der Waals surface area contributed by atoms with Crippen molar-refractivity contribution in [3.05, 3.63) is 65.0 Å². The maximum absolute atomic E-state index is 12.4. The molecule has 4 aromatic rings. The first-order valence-corrected chi connectivity index (χ1v) is 8.41. The topological polar surface area (TPSA) is 86.5 Å². The van der Waals surface area contributed by atoms with E-state index in [0.717, 1.165) is 33.8 Å². The lowest BCUT2D eigenvalue weighted by atomic mass is 10.1. The molecule has 0 radical (unpaired) electrons. The highest BCUT2D eigenvalue weighted by Crippen LogP contribution is 2.23. The summed E-state index contributed by atoms with van der Waals surface area (Å²) >= 11 is 0. The first-order valence-electron chi connectivity index (χ1n) is 8.41. The fourth-order valence-corrected chi connectivity index (χ4v) is 3.05. The molecule has 2 aromatic heterocycles. The number of carbonyl (C=O) groups excluding carboxylic acids is 1. The number of benzene rings is 2. The molecule has 3 N–H and O–H groups in total. The fourth-order valence-electron chi connectivity index (χ4n) is 3.05. The van der Waals surface area contributed by atoms with Gasteiger partial charge in [0, 0.05) is 16.9 Å². The summed E-state index contributed by atoms with van der Waals surface area (Å²) in [5, 5.41) is 9.80. The number of aromatic amines is 2. The van der Waals surface area contributed by atoms with E-state index in [9.17, 15) is 4.79 Å². The average Bonchev–Trinajstić information content (AvgIpc) is 3.18. The van der Waals surface area contributed by atoms with Crippen LogP contribution in [0, 0.1) is 20.8 Å². The van der Waals surface area contributed by atoms with Crippen molar-refractivity contribution < 1.29 is 4.79 Å². The molecule has 0 aliphatic heterocycles. The molecule has 130 valence electrons. The minimum atomic E-state index is -0.166. The number of imidazole rings is 1. The van der Waals surface area contributed by atoms with E-state index in [2.05, 4.69) is 38.5 Å². The minimum absolute atomic E-state index is 0.166. The Kier molecular flexibility index (Phi) is 3.80. The lowest BCUT2D eigenvalue weighted by Gasteiger charge is -2.06. The highest BCUT2D eigenvalue weighted by atomic mass is 16.1. The molecular weight excluding hydrogens is 326 g/mol. The molecule has 0 unspecified atom stereocenters. The highest BCUT2D eigenvalue weighted by Gasteiger charge is 2.15. The van der Waals surface area contributed by atoms with E-state index in [1.54, 1.807) is 0 Å². The van der Waals surface area contributed by atoms with Gasteiger partial charge in [0.05, 0.1) is 22.3 Å². The van der Waals surface area contributed by atoms with Crippen LogP contribution < -0.4 is 5.32 Å². The van der Waals surface area contributed by atoms with Gasteiger partial charge in [0.25, 0.3) is 5.91 Å². The Balaban J connectivity index is 1.57. The second kappa shape index (κ2) is 6.15. The summed E-state index contributed by atoms with van der Waals surface area (Å²) in [4.78, 5) is 20.4. The number of aromatic nitrogens is 4. The van der Waals surface area contributed by atoms with Crippen molar-refractivity contribution in [1.82, 2.24) is 20.2 Å². The highest BCUT2D eigenvalue weighted by molar-refractivity contribution is 6.05. The monoisotopic (exact) mass is 345 g/mol. The Hall–Kier alpha value is -3.41. The predicted molar refractivity (Wildman–Crippen MR) is 102 cm³/mol. The van der Waals surface area contributed by atoms with Crippen LogP contribution in [0.2, 0.25) is 0 Å². The van der Waals surface area contributed by atoms with Gasteiger partial charge in [-0.15, -0.1) is 0 Å². The first kappa shape index (κ1) is 16.1. The zero-order valence-corrected chi connectivity index (χ0v) is 14.8. The van der Waals surface area contributed by atoms with Gasteiger partial charge in [0.1, 0.15) is 5.82 Å². The van der Waals surface area contributed by atoms with Crippen molar-refractivity contribution in [1.29, 1.82) is 0 Å². The third-order valence-corrected chi connectivity index (χ3v) is 4.41. The molecule has 0 atom stereocenters. The maximum atomic E-state index is 12.4. The summed E-state index contributed by atoms with van der Waals surface area (Å²) in [7, 11) is 0. The van der Waals surface area contributed by atoms with Crippen LogP contribution in [0.3, 0.4) is 0 Å². The number of fused-ring (bicyclic) bond motifs is 1. The van der Waals surface area contributed by atoms with Crippen molar-refractivity contribution in [2.45, 2.75) is 20.8 Å². The lowest BCUT2D eigenvalue weighted by molar-refractivity contribution is 0.102. The van der Waals surface area contributed by atoms with Gasteiger partial charge in [-0.25, -0.2) is 4.98 Å². The summed E-state index contributed by atoms with van der Waals surface area (Å²) in [5.41, 5.74) is 6.87. The van der Waals surface area contributed by atoms with Crippen LogP contribution in [0.5, 0.6) is 0 Å². The molecule has 0 saturated heterocycles. The van der Waals surface area contributed by atoms with Crippen LogP contribution in [0.15, 0.2) is 42.5 Å². The number of H-pyrrole nitrogens is 2. The molecule has 0 spiro atoms. The number of carbonyl (C=O) groups is 1. The molecule has 1 amide bonds. The van der Waals surface area contributed by atoms with Gasteiger partial charge < -0.3 is 10.3 Å². The van der Waals surface area contributed by atoms with Crippen molar-refractivity contribution in [3.63, 3.8) is 0 Å². The van der Waals surface area contributed by atoms with Crippen molar-refractivity contribution in [2.75, 3.05) is 5.32 Å². The van der Waals surface area contributed by atoms with Gasteiger partial charge >= 0.3 is 0 Å². The third-order valence-electron chi connectivity index (χ3n) is 4.41. The van der Waals surface area contributed by atoms with E-state index >= 15 is 0 Å². The SMILES string of the molecule is Cc1ccc2nc(-c3ccc(NC(=O)c4c(C)n[nH]c4C)cc3)[nH]c2c1. The number of nitrogens with one attached hydrogen (secondary N) is 3. The van der Waals surface area contributed by atoms with E-state index < -0.39 is 0 Å². The van der Waals surface area contributed by atoms with Gasteiger partial charge in [-0.1, -0.05) is 6.07 Å². The van der Waals surface area contributed by atoms with Gasteiger partial charge in [0.15, 0.2) is 0 Å². The molecule has 0 fully saturated rings. The normalized spacial score (nSPS) is 11.0. The van der Waals surface area contributed by atoms with E-state index in [1.165, 1.54) is 5.56 Å². The van der Waals surface area contributed by atoms with Crippen molar-refractivity contribution >= 4 is 22.6 Å². The number of rotatable bonds is 3. The number of nitrogens with zero attached hydrogens (tertiary/aromatic N) is 2. The molecule has 6 heteroatoms. The average molecular weight is 345 g/mol. The Morgan fingerprint density at radius 1 is 1.04 bits per heavy atom. The lowest BCUT2D eigenvalue weighted by Crippen LogP contribution is -2.13. The van der Waals surface area contributed by atoms with Crippen LogP contribution in [0.1, 0.15) is 27.3 Å². The van der Waals surface area contributed by atoms with E-state index in [1.807, 2.05) is 50.2 Å². The molecule has 0 saturated carbocycles. The molecule has 26 heavy (non-hydrogen) atoms. The second-order valence-electron chi connectivity index (χ2n) is 6.45. The molecular formula is C20H19N5O. The number of hydrogen-bond acceptors (Lipinski definition) is 3. The number of hydrogen-bond donors (Lipinski definition) is 3. The standard InChI is InChI=1S/C20H19N5O/c1-11-4-9-16-17(10-11)23-19(22-16)14-5-7-15(8-6-14)21-20(26)18-12(2)24-25-13(18)3/h4-10H,1-3H3,(H,21,26)(H,22,23)(H,24,25). The molecule has 0 aliphatic carbocycles. The maximum Gasteiger partial charge on any atom is 0.259 e. The molecule has 0 bridgehead atoms. The molecule has 4 rings (SSSR count). The van der Waals surface area contributed by atoms with Crippen molar-refractivity contribution in [2.24, 2.45) is 0 Å². The van der Waals surface area contributed by atoms with Crippen LogP contribution >= 0.6 is 0 Å². The summed E-state index contributed by atoms with van der Waals surface area (Å²) in [6, 6.07) is 13.8. The van der Waals surface area contributed by atoms with Crippen LogP contribution in [-0.4, -0.2) is 26.1 Å². The zero-order chi connectivity index (χ0) is 18.3. The predicted octanol–water partition coefficient (Wildman–Crippen LogP) is 4.13. The first-order chi connectivity index (χ1) is 12.5. The zero-order valence-electron chi connectivity index (χ0n) is 14.8. The van der Waals surface area contributed by atoms with Gasteiger partial charge in [0.2, 0.25) is 0 Å². The summed E-state index contributed by atoms with van der Waals surface area (Å²) in [5.74, 6) is 0.644. The fraction of sp³-hybridized carbons (Fsp3) is 0.150. The summed E-state index contributed by atoms with van der Waals surface area (Å²) in [6.07, 6.45) is 0. The molecule has 2 heterocycles. The van der Waals surface area contributed by atoms with Crippen LogP contribution in [0.25, 0.3) is 22.4 Å². The van der Waals surface area contributed by atoms with Crippen LogP contribution in [0.4, 0.5) is 5.69 Å². The third kappa shape index (κ3) is 2.86. The van der Waals surface area contributed by atoms with E-state index in [4.69, 9.17) is 0 Å². The van der Waals surface area contributed by atoms with Crippen molar-refractivity contribution in [3.8, 4) is 11.4 Å². The number of amides is 1. The quantitative estimate of drug-likeness (QED) is 0.522. The Bertz CT molecular complexity index is 1090. The molecule has 0 aliphatic rings. The summed E-state index contributed by atoms with van der Waals surface area (Å²) in [6.45, 7) is 5.70. The van der Waals surface area contributed by atoms with E-state index in [-0.39, 0.29) is 5.91 Å². The van der Waals surface area contributed by atoms with Gasteiger partial charge in [-0.3, -0.25) is 9.89 Å². The Morgan fingerprint density at radius 2 is 1.81 bits per heavy atom. The minimum Gasteiger partial charge on any atom is -0.338 e. The molecule has 2 aromatic carbocycles. The Labute approximate surface area is 150 Å². The smallest absolute Gasteiger partial charge is 0.259 e. The summed E-state index contributed by atoms with van der Waals surface area (Å²) < 4.78 is 0. The van der Waals surface area contributed by atoms with E-state index in [0.29, 0.717) is 11.3 Å². The molecule has 6 nitrogen and oxygen atoms in total. The van der Waals surface area contributed by atoms with Crippen LogP contribution in [-0.2, 0) is 0 Å². The van der Waals surface area contributed by atoms with Gasteiger partial charge in [-0.05, 0) is 62.7 Å². The second-order valence-corrected chi connectivity index (χ2v) is 6.45. The van der Waals surface area contributed by atoms with Gasteiger partial charge in [-0.2, -0.15) is 5.10 Å². The largest absolute Gasteiger partial charge is 0.338 e. The Morgan fingerprint density at radius 3 is 2.50 bits per heavy atom. The number of aryl methyl sites for hydroxylation is 3. The number of anilines is 1.